The molecule has 2 heterocycles. The van der Waals surface area contributed by atoms with Crippen LogP contribution in [0.3, 0.4) is 0 Å². The van der Waals surface area contributed by atoms with E-state index in [4.69, 9.17) is 4.74 Å². The van der Waals surface area contributed by atoms with Gasteiger partial charge < -0.3 is 19.4 Å². The van der Waals surface area contributed by atoms with Gasteiger partial charge in [0, 0.05) is 50.7 Å². The SMILES string of the molecule is CCOC(=O)N1CCN(C(=O)C2CCN(C(=O)c3ccc(F)cc3)CC2)CC1. The lowest BCUT2D eigenvalue weighted by Crippen LogP contribution is -2.53. The molecule has 0 radical (unpaired) electrons. The Morgan fingerprint density at radius 2 is 1.50 bits per heavy atom. The van der Waals surface area contributed by atoms with E-state index in [2.05, 4.69) is 0 Å². The van der Waals surface area contributed by atoms with Crippen LogP contribution in [0.1, 0.15) is 30.1 Å². The van der Waals surface area contributed by atoms with Crippen molar-refractivity contribution in [1.29, 1.82) is 0 Å². The van der Waals surface area contributed by atoms with Gasteiger partial charge in [0.2, 0.25) is 5.91 Å². The Bertz CT molecular complexity index is 709. The molecule has 2 saturated heterocycles. The van der Waals surface area contributed by atoms with Crippen LogP contribution in [0.4, 0.5) is 9.18 Å². The molecule has 0 spiro atoms. The lowest BCUT2D eigenvalue weighted by atomic mass is 9.94. The number of likely N-dealkylation sites (tertiary alicyclic amines) is 1. The highest BCUT2D eigenvalue weighted by Gasteiger charge is 2.32. The number of rotatable bonds is 3. The zero-order valence-electron chi connectivity index (χ0n) is 16.1. The van der Waals surface area contributed by atoms with E-state index >= 15 is 0 Å². The summed E-state index contributed by atoms with van der Waals surface area (Å²) < 4.78 is 18.0. The van der Waals surface area contributed by atoms with E-state index in [9.17, 15) is 18.8 Å². The molecule has 2 aliphatic rings. The summed E-state index contributed by atoms with van der Waals surface area (Å²) in [5, 5.41) is 0. The zero-order valence-corrected chi connectivity index (χ0v) is 16.1. The Hall–Kier alpha value is -2.64. The van der Waals surface area contributed by atoms with Crippen LogP contribution in [0.15, 0.2) is 24.3 Å². The molecule has 1 aromatic rings. The molecule has 3 rings (SSSR count). The minimum Gasteiger partial charge on any atom is -0.450 e. The van der Waals surface area contributed by atoms with Gasteiger partial charge in [-0.15, -0.1) is 0 Å². The first-order valence-corrected chi connectivity index (χ1v) is 9.75. The monoisotopic (exact) mass is 391 g/mol. The predicted octanol–water partition coefficient (Wildman–Crippen LogP) is 1.98. The van der Waals surface area contributed by atoms with E-state index in [0.717, 1.165) is 0 Å². The fourth-order valence-corrected chi connectivity index (χ4v) is 3.69. The fourth-order valence-electron chi connectivity index (χ4n) is 3.69. The molecule has 2 fully saturated rings. The summed E-state index contributed by atoms with van der Waals surface area (Å²) in [6.45, 7) is 5.10. The van der Waals surface area contributed by atoms with Gasteiger partial charge in [-0.1, -0.05) is 0 Å². The van der Waals surface area contributed by atoms with Crippen LogP contribution < -0.4 is 0 Å². The molecule has 2 aliphatic heterocycles. The number of hydrogen-bond acceptors (Lipinski definition) is 4. The summed E-state index contributed by atoms with van der Waals surface area (Å²) in [4.78, 5) is 42.2. The highest BCUT2D eigenvalue weighted by Crippen LogP contribution is 2.22. The van der Waals surface area contributed by atoms with Gasteiger partial charge in [-0.05, 0) is 44.0 Å². The van der Waals surface area contributed by atoms with Gasteiger partial charge in [-0.2, -0.15) is 0 Å². The van der Waals surface area contributed by atoms with Gasteiger partial charge in [0.05, 0.1) is 6.61 Å². The van der Waals surface area contributed by atoms with Crippen molar-refractivity contribution < 1.29 is 23.5 Å². The van der Waals surface area contributed by atoms with Crippen LogP contribution >= 0.6 is 0 Å². The minimum absolute atomic E-state index is 0.0948. The highest BCUT2D eigenvalue weighted by molar-refractivity contribution is 5.94. The third-order valence-electron chi connectivity index (χ3n) is 5.34. The van der Waals surface area contributed by atoms with Crippen LogP contribution in [0.2, 0.25) is 0 Å². The van der Waals surface area contributed by atoms with Crippen LogP contribution in [0.25, 0.3) is 0 Å². The average molecular weight is 391 g/mol. The Balaban J connectivity index is 1.47. The molecule has 0 atom stereocenters. The van der Waals surface area contributed by atoms with Crippen molar-refractivity contribution in [2.75, 3.05) is 45.9 Å². The highest BCUT2D eigenvalue weighted by atomic mass is 19.1. The zero-order chi connectivity index (χ0) is 20.1. The maximum absolute atomic E-state index is 13.0. The second-order valence-corrected chi connectivity index (χ2v) is 7.08. The normalized spacial score (nSPS) is 18.1. The molecule has 1 aromatic carbocycles. The van der Waals surface area contributed by atoms with Crippen molar-refractivity contribution in [2.45, 2.75) is 19.8 Å². The van der Waals surface area contributed by atoms with Gasteiger partial charge in [-0.25, -0.2) is 9.18 Å². The van der Waals surface area contributed by atoms with Crippen molar-refractivity contribution in [3.63, 3.8) is 0 Å². The van der Waals surface area contributed by atoms with E-state index in [-0.39, 0.29) is 29.6 Å². The molecule has 0 saturated carbocycles. The number of carbonyl (C=O) groups excluding carboxylic acids is 3. The molecule has 0 aliphatic carbocycles. The first kappa shape index (κ1) is 20.1. The summed E-state index contributed by atoms with van der Waals surface area (Å²) in [7, 11) is 0. The average Bonchev–Trinajstić information content (AvgIpc) is 2.74. The van der Waals surface area contributed by atoms with E-state index in [0.29, 0.717) is 64.3 Å². The first-order valence-electron chi connectivity index (χ1n) is 9.75. The van der Waals surface area contributed by atoms with Gasteiger partial charge in [0.15, 0.2) is 0 Å². The summed E-state index contributed by atoms with van der Waals surface area (Å²) in [6.07, 6.45) is 0.899. The van der Waals surface area contributed by atoms with Gasteiger partial charge in [0.1, 0.15) is 5.82 Å². The number of nitrogens with zero attached hydrogens (tertiary/aromatic N) is 3. The van der Waals surface area contributed by atoms with E-state index in [1.165, 1.54) is 24.3 Å². The summed E-state index contributed by atoms with van der Waals surface area (Å²) >= 11 is 0. The maximum Gasteiger partial charge on any atom is 0.409 e. The van der Waals surface area contributed by atoms with E-state index in [1.807, 2.05) is 0 Å². The van der Waals surface area contributed by atoms with Crippen molar-refractivity contribution in [3.05, 3.63) is 35.6 Å². The Morgan fingerprint density at radius 1 is 0.929 bits per heavy atom. The van der Waals surface area contributed by atoms with Gasteiger partial charge in [-0.3, -0.25) is 9.59 Å². The van der Waals surface area contributed by atoms with Crippen LogP contribution in [-0.4, -0.2) is 78.5 Å². The number of carbonyl (C=O) groups is 3. The molecule has 0 aromatic heterocycles. The van der Waals surface area contributed by atoms with E-state index < -0.39 is 0 Å². The number of amides is 3. The first-order chi connectivity index (χ1) is 13.5. The molecule has 0 N–H and O–H groups in total. The minimum atomic E-state index is -0.371. The molecule has 8 heteroatoms. The Morgan fingerprint density at radius 3 is 2.07 bits per heavy atom. The van der Waals surface area contributed by atoms with Gasteiger partial charge in [0.25, 0.3) is 5.91 Å². The molecule has 7 nitrogen and oxygen atoms in total. The Labute approximate surface area is 164 Å². The molecule has 3 amide bonds. The number of halogens is 1. The summed E-state index contributed by atoms with van der Waals surface area (Å²) in [6, 6.07) is 5.52. The smallest absolute Gasteiger partial charge is 0.409 e. The molecule has 0 bridgehead atoms. The van der Waals surface area contributed by atoms with Crippen molar-refractivity contribution in [2.24, 2.45) is 5.92 Å². The number of ether oxygens (including phenoxy) is 1. The van der Waals surface area contributed by atoms with Crippen LogP contribution in [0.5, 0.6) is 0 Å². The predicted molar refractivity (Wildman–Crippen MR) is 100 cm³/mol. The molecule has 152 valence electrons. The molecule has 0 unspecified atom stereocenters. The number of benzene rings is 1. The fraction of sp³-hybridized carbons (Fsp3) is 0.550. The van der Waals surface area contributed by atoms with E-state index in [1.54, 1.807) is 21.6 Å². The summed E-state index contributed by atoms with van der Waals surface area (Å²) in [5.41, 5.74) is 0.460. The topological polar surface area (TPSA) is 70.2 Å². The standard InChI is InChI=1S/C20H26FN3O4/c1-2-28-20(27)24-13-11-23(12-14-24)19(26)16-7-9-22(10-8-16)18(25)15-3-5-17(21)6-4-15/h3-6,16H,2,7-14H2,1H3. The van der Waals surface area contributed by atoms with Gasteiger partial charge >= 0.3 is 6.09 Å². The van der Waals surface area contributed by atoms with Crippen molar-refractivity contribution in [1.82, 2.24) is 14.7 Å². The Kier molecular flexibility index (Phi) is 6.49. The number of piperidine rings is 1. The number of piperazine rings is 1. The third-order valence-corrected chi connectivity index (χ3v) is 5.34. The quantitative estimate of drug-likeness (QED) is 0.790. The van der Waals surface area contributed by atoms with Crippen molar-refractivity contribution >= 4 is 17.9 Å². The molecular formula is C20H26FN3O4. The lowest BCUT2D eigenvalue weighted by Gasteiger charge is -2.38. The largest absolute Gasteiger partial charge is 0.450 e. The molecular weight excluding hydrogens is 365 g/mol. The van der Waals surface area contributed by atoms with Crippen LogP contribution in [-0.2, 0) is 9.53 Å². The third kappa shape index (κ3) is 4.61. The molecule has 28 heavy (non-hydrogen) atoms. The lowest BCUT2D eigenvalue weighted by molar-refractivity contribution is -0.138. The second kappa shape index (κ2) is 9.03. The van der Waals surface area contributed by atoms with Crippen LogP contribution in [0, 0.1) is 11.7 Å². The second-order valence-electron chi connectivity index (χ2n) is 7.08. The van der Waals surface area contributed by atoms with Crippen molar-refractivity contribution in [3.8, 4) is 0 Å². The number of hydrogen-bond donors (Lipinski definition) is 0. The maximum atomic E-state index is 13.0. The summed E-state index contributed by atoms with van der Waals surface area (Å²) in [5.74, 6) is -0.512.